The molecule has 1 aliphatic heterocycles. The first-order valence-electron chi connectivity index (χ1n) is 7.37. The Balaban J connectivity index is 2.21. The Hall–Kier alpha value is -0.610. The van der Waals surface area contributed by atoms with Gasteiger partial charge in [-0.2, -0.15) is 0 Å². The van der Waals surface area contributed by atoms with Crippen molar-refractivity contribution in [3.8, 4) is 0 Å². The molecule has 0 spiro atoms. The summed E-state index contributed by atoms with van der Waals surface area (Å²) >= 11 is 3.51. The molecule has 1 aromatic heterocycles. The van der Waals surface area contributed by atoms with Crippen molar-refractivity contribution >= 4 is 21.6 Å². The van der Waals surface area contributed by atoms with Crippen LogP contribution in [0.2, 0.25) is 0 Å². The monoisotopic (exact) mass is 325 g/mol. The quantitative estimate of drug-likeness (QED) is 0.770. The zero-order valence-electron chi connectivity index (χ0n) is 12.0. The predicted molar refractivity (Wildman–Crippen MR) is 84.6 cm³/mol. The molecule has 1 aliphatic rings. The zero-order chi connectivity index (χ0) is 13.7. The molecule has 3 nitrogen and oxygen atoms in total. The fourth-order valence-electron chi connectivity index (χ4n) is 2.67. The average molecular weight is 326 g/mol. The van der Waals surface area contributed by atoms with Gasteiger partial charge in [0.05, 0.1) is 11.4 Å². The van der Waals surface area contributed by atoms with Crippen LogP contribution in [0, 0.1) is 0 Å². The minimum absolute atomic E-state index is 0.940. The highest BCUT2D eigenvalue weighted by molar-refractivity contribution is 9.10. The highest BCUT2D eigenvalue weighted by Gasteiger charge is 2.16. The van der Waals surface area contributed by atoms with E-state index in [1.54, 1.807) is 0 Å². The Bertz CT molecular complexity index is 398. The van der Waals surface area contributed by atoms with E-state index < -0.39 is 0 Å². The summed E-state index contributed by atoms with van der Waals surface area (Å²) in [4.78, 5) is 9.64. The summed E-state index contributed by atoms with van der Waals surface area (Å²) in [5.74, 6) is 0. The second-order valence-corrected chi connectivity index (χ2v) is 5.92. The summed E-state index contributed by atoms with van der Waals surface area (Å²) in [6, 6.07) is 4.29. The third kappa shape index (κ3) is 3.93. The van der Waals surface area contributed by atoms with Crippen LogP contribution in [-0.2, 0) is 6.54 Å². The lowest BCUT2D eigenvalue weighted by Gasteiger charge is -2.31. The molecule has 0 bridgehead atoms. The summed E-state index contributed by atoms with van der Waals surface area (Å²) in [6.07, 6.45) is 3.98. The SMILES string of the molecule is CCN(CC)Cc1nc(Br)ccc1N1CCCCC1. The molecule has 0 saturated carbocycles. The Labute approximate surface area is 125 Å². The summed E-state index contributed by atoms with van der Waals surface area (Å²) in [7, 11) is 0. The maximum absolute atomic E-state index is 4.72. The number of hydrogen-bond acceptors (Lipinski definition) is 3. The summed E-state index contributed by atoms with van der Waals surface area (Å²) in [5.41, 5.74) is 2.54. The molecule has 0 N–H and O–H groups in total. The Morgan fingerprint density at radius 1 is 1.16 bits per heavy atom. The van der Waals surface area contributed by atoms with Crippen LogP contribution in [-0.4, -0.2) is 36.1 Å². The first kappa shape index (κ1) is 14.8. The van der Waals surface area contributed by atoms with E-state index in [9.17, 15) is 0 Å². The molecule has 4 heteroatoms. The fourth-order valence-corrected chi connectivity index (χ4v) is 3.01. The highest BCUT2D eigenvalue weighted by Crippen LogP contribution is 2.25. The second-order valence-electron chi connectivity index (χ2n) is 5.11. The third-order valence-electron chi connectivity index (χ3n) is 3.88. The highest BCUT2D eigenvalue weighted by atomic mass is 79.9. The molecule has 0 radical (unpaired) electrons. The van der Waals surface area contributed by atoms with Crippen LogP contribution in [0.25, 0.3) is 0 Å². The number of anilines is 1. The first-order chi connectivity index (χ1) is 9.24. The molecule has 106 valence electrons. The molecule has 2 rings (SSSR count). The number of pyridine rings is 1. The van der Waals surface area contributed by atoms with E-state index >= 15 is 0 Å². The van der Waals surface area contributed by atoms with Gasteiger partial charge >= 0.3 is 0 Å². The van der Waals surface area contributed by atoms with Crippen molar-refractivity contribution in [3.05, 3.63) is 22.4 Å². The van der Waals surface area contributed by atoms with Crippen molar-refractivity contribution in [3.63, 3.8) is 0 Å². The standard InChI is InChI=1S/C15H24BrN3/c1-3-18(4-2)12-13-14(8-9-15(16)17-13)19-10-6-5-7-11-19/h8-9H,3-7,10-12H2,1-2H3. The lowest BCUT2D eigenvalue weighted by Crippen LogP contribution is -2.32. The van der Waals surface area contributed by atoms with Gasteiger partial charge in [0, 0.05) is 19.6 Å². The number of aromatic nitrogens is 1. The van der Waals surface area contributed by atoms with Crippen LogP contribution in [0.5, 0.6) is 0 Å². The number of rotatable bonds is 5. The number of halogens is 1. The lowest BCUT2D eigenvalue weighted by atomic mass is 10.1. The number of hydrogen-bond donors (Lipinski definition) is 0. The third-order valence-corrected chi connectivity index (χ3v) is 4.32. The summed E-state index contributed by atoms with van der Waals surface area (Å²) in [6.45, 7) is 9.86. The molecule has 0 unspecified atom stereocenters. The summed E-state index contributed by atoms with van der Waals surface area (Å²) < 4.78 is 0.940. The van der Waals surface area contributed by atoms with E-state index in [0.717, 1.165) is 24.2 Å². The number of nitrogens with zero attached hydrogens (tertiary/aromatic N) is 3. The molecule has 0 atom stereocenters. The molecule has 2 heterocycles. The van der Waals surface area contributed by atoms with Gasteiger partial charge < -0.3 is 4.90 Å². The Kier molecular flexibility index (Phi) is 5.64. The van der Waals surface area contributed by atoms with E-state index in [1.807, 2.05) is 0 Å². The second kappa shape index (κ2) is 7.25. The van der Waals surface area contributed by atoms with Crippen LogP contribution in [0.3, 0.4) is 0 Å². The molecule has 1 fully saturated rings. The van der Waals surface area contributed by atoms with E-state index in [2.05, 4.69) is 51.7 Å². The van der Waals surface area contributed by atoms with Crippen LogP contribution in [0.4, 0.5) is 5.69 Å². The minimum Gasteiger partial charge on any atom is -0.370 e. The minimum atomic E-state index is 0.940. The maximum Gasteiger partial charge on any atom is 0.106 e. The van der Waals surface area contributed by atoms with Crippen molar-refractivity contribution in [2.75, 3.05) is 31.1 Å². The van der Waals surface area contributed by atoms with Gasteiger partial charge in [-0.1, -0.05) is 13.8 Å². The molecule has 1 aromatic rings. The van der Waals surface area contributed by atoms with Crippen LogP contribution in [0.1, 0.15) is 38.8 Å². The number of piperidine rings is 1. The molecular formula is C15H24BrN3. The van der Waals surface area contributed by atoms with Crippen molar-refractivity contribution in [2.24, 2.45) is 0 Å². The normalized spacial score (nSPS) is 16.1. The lowest BCUT2D eigenvalue weighted by molar-refractivity contribution is 0.292. The van der Waals surface area contributed by atoms with Gasteiger partial charge in [-0.15, -0.1) is 0 Å². The van der Waals surface area contributed by atoms with Gasteiger partial charge in [-0.3, -0.25) is 4.90 Å². The molecular weight excluding hydrogens is 302 g/mol. The topological polar surface area (TPSA) is 19.4 Å². The predicted octanol–water partition coefficient (Wildman–Crippen LogP) is 3.68. The molecule has 0 aliphatic carbocycles. The molecule has 0 amide bonds. The van der Waals surface area contributed by atoms with E-state index in [1.165, 1.54) is 43.7 Å². The smallest absolute Gasteiger partial charge is 0.106 e. The Morgan fingerprint density at radius 2 is 1.84 bits per heavy atom. The van der Waals surface area contributed by atoms with Gasteiger partial charge in [0.1, 0.15) is 4.60 Å². The van der Waals surface area contributed by atoms with Gasteiger partial charge in [0.2, 0.25) is 0 Å². The van der Waals surface area contributed by atoms with E-state index in [0.29, 0.717) is 0 Å². The molecule has 19 heavy (non-hydrogen) atoms. The van der Waals surface area contributed by atoms with Crippen molar-refractivity contribution in [1.82, 2.24) is 9.88 Å². The fraction of sp³-hybridized carbons (Fsp3) is 0.667. The summed E-state index contributed by atoms with van der Waals surface area (Å²) in [5, 5.41) is 0. The molecule has 1 saturated heterocycles. The van der Waals surface area contributed by atoms with E-state index in [-0.39, 0.29) is 0 Å². The average Bonchev–Trinajstić information content (AvgIpc) is 2.46. The Morgan fingerprint density at radius 3 is 2.47 bits per heavy atom. The largest absolute Gasteiger partial charge is 0.370 e. The van der Waals surface area contributed by atoms with Gasteiger partial charge in [-0.25, -0.2) is 4.98 Å². The van der Waals surface area contributed by atoms with Crippen molar-refractivity contribution in [1.29, 1.82) is 0 Å². The van der Waals surface area contributed by atoms with Gasteiger partial charge in [0.15, 0.2) is 0 Å². The van der Waals surface area contributed by atoms with Crippen LogP contribution >= 0.6 is 15.9 Å². The first-order valence-corrected chi connectivity index (χ1v) is 8.16. The van der Waals surface area contributed by atoms with E-state index in [4.69, 9.17) is 4.98 Å². The van der Waals surface area contributed by atoms with Crippen LogP contribution in [0.15, 0.2) is 16.7 Å². The van der Waals surface area contributed by atoms with Crippen LogP contribution < -0.4 is 4.90 Å². The van der Waals surface area contributed by atoms with Gasteiger partial charge in [0.25, 0.3) is 0 Å². The van der Waals surface area contributed by atoms with Crippen molar-refractivity contribution in [2.45, 2.75) is 39.7 Å². The molecule has 0 aromatic carbocycles. The van der Waals surface area contributed by atoms with Crippen molar-refractivity contribution < 1.29 is 0 Å². The maximum atomic E-state index is 4.72. The zero-order valence-corrected chi connectivity index (χ0v) is 13.6. The van der Waals surface area contributed by atoms with Gasteiger partial charge in [-0.05, 0) is 60.4 Å².